The van der Waals surface area contributed by atoms with Gasteiger partial charge in [-0.15, -0.1) is 5.10 Å². The highest BCUT2D eigenvalue weighted by atomic mass is 32.2. The first kappa shape index (κ1) is 17.7. The van der Waals surface area contributed by atoms with Crippen LogP contribution in [0.3, 0.4) is 0 Å². The lowest BCUT2D eigenvalue weighted by atomic mass is 10.1. The Labute approximate surface area is 150 Å². The average Bonchev–Trinajstić information content (AvgIpc) is 3.09. The quantitative estimate of drug-likeness (QED) is 0.732. The van der Waals surface area contributed by atoms with Crippen LogP contribution in [0.4, 0.5) is 5.69 Å². The second-order valence-corrected chi connectivity index (χ2v) is 8.12. The molecular weight excluding hydrogens is 354 g/mol. The molecule has 1 aromatic heterocycles. The molecule has 0 fully saturated rings. The topological polar surface area (TPSA) is 107 Å². The molecule has 1 N–H and O–H groups in total. The number of nitrogens with zero attached hydrogens (tertiary/aromatic N) is 4. The van der Waals surface area contributed by atoms with Crippen LogP contribution in [-0.4, -0.2) is 40.8 Å². The zero-order chi connectivity index (χ0) is 18.7. The standard InChI is InChI=1S/C17H17N5O3S/c1-12-6-7-15(9-16(12)22-11-18-20-21-22)19-17(23)14-5-3-4-13(8-14)10-26(2,24)25/h3-9,11H,10H2,1-2H3,(H,19,23). The summed E-state index contributed by atoms with van der Waals surface area (Å²) in [4.78, 5) is 12.5. The Hall–Kier alpha value is -3.07. The summed E-state index contributed by atoms with van der Waals surface area (Å²) in [5.74, 6) is -0.436. The molecular formula is C17H17N5O3S. The van der Waals surface area contributed by atoms with Gasteiger partial charge in [0, 0.05) is 17.5 Å². The first-order chi connectivity index (χ1) is 12.3. The van der Waals surface area contributed by atoms with Crippen molar-refractivity contribution in [1.82, 2.24) is 20.2 Å². The molecule has 3 aromatic rings. The summed E-state index contributed by atoms with van der Waals surface area (Å²) in [6.45, 7) is 1.91. The summed E-state index contributed by atoms with van der Waals surface area (Å²) in [5.41, 5.74) is 3.23. The van der Waals surface area contributed by atoms with E-state index in [1.54, 1.807) is 36.4 Å². The van der Waals surface area contributed by atoms with Gasteiger partial charge in [0.1, 0.15) is 6.33 Å². The van der Waals surface area contributed by atoms with Gasteiger partial charge in [-0.3, -0.25) is 4.79 Å². The summed E-state index contributed by atoms with van der Waals surface area (Å²) in [6.07, 6.45) is 2.63. The van der Waals surface area contributed by atoms with Crippen molar-refractivity contribution in [3.8, 4) is 5.69 Å². The van der Waals surface area contributed by atoms with Crippen LogP contribution in [0, 0.1) is 6.92 Å². The number of hydrogen-bond acceptors (Lipinski definition) is 6. The van der Waals surface area contributed by atoms with E-state index in [-0.39, 0.29) is 11.7 Å². The van der Waals surface area contributed by atoms with E-state index >= 15 is 0 Å². The van der Waals surface area contributed by atoms with Crippen molar-refractivity contribution in [2.45, 2.75) is 12.7 Å². The minimum absolute atomic E-state index is 0.109. The Bertz CT molecular complexity index is 1050. The number of hydrogen-bond donors (Lipinski definition) is 1. The molecule has 1 amide bonds. The molecule has 0 radical (unpaired) electrons. The van der Waals surface area contributed by atoms with Crippen LogP contribution in [0.5, 0.6) is 0 Å². The highest BCUT2D eigenvalue weighted by Crippen LogP contribution is 2.19. The normalized spacial score (nSPS) is 11.3. The minimum atomic E-state index is -3.17. The van der Waals surface area contributed by atoms with Gasteiger partial charge in [0.15, 0.2) is 9.84 Å². The molecule has 0 saturated heterocycles. The summed E-state index contributed by atoms with van der Waals surface area (Å²) in [6, 6.07) is 12.0. The molecule has 0 bridgehead atoms. The Kier molecular flexibility index (Phi) is 4.81. The minimum Gasteiger partial charge on any atom is -0.322 e. The van der Waals surface area contributed by atoms with Gasteiger partial charge in [0.25, 0.3) is 5.91 Å². The molecule has 0 unspecified atom stereocenters. The fourth-order valence-electron chi connectivity index (χ4n) is 2.51. The zero-order valence-corrected chi connectivity index (χ0v) is 15.1. The van der Waals surface area contributed by atoms with Gasteiger partial charge in [-0.05, 0) is 52.7 Å². The van der Waals surface area contributed by atoms with Gasteiger partial charge >= 0.3 is 0 Å². The molecule has 8 nitrogen and oxygen atoms in total. The number of nitrogens with one attached hydrogen (secondary N) is 1. The van der Waals surface area contributed by atoms with Crippen LogP contribution < -0.4 is 5.32 Å². The van der Waals surface area contributed by atoms with E-state index in [1.165, 1.54) is 11.0 Å². The summed E-state index contributed by atoms with van der Waals surface area (Å²) in [7, 11) is -3.17. The second-order valence-electron chi connectivity index (χ2n) is 5.98. The fourth-order valence-corrected chi connectivity index (χ4v) is 3.30. The van der Waals surface area contributed by atoms with E-state index in [1.807, 2.05) is 13.0 Å². The van der Waals surface area contributed by atoms with Crippen LogP contribution in [0.25, 0.3) is 5.69 Å². The molecule has 0 atom stereocenters. The van der Waals surface area contributed by atoms with E-state index in [0.29, 0.717) is 16.8 Å². The maximum Gasteiger partial charge on any atom is 0.255 e. The number of carbonyl (C=O) groups excluding carboxylic acids is 1. The molecule has 2 aromatic carbocycles. The maximum absolute atomic E-state index is 12.5. The number of carbonyl (C=O) groups is 1. The molecule has 0 aliphatic heterocycles. The number of amides is 1. The van der Waals surface area contributed by atoms with Crippen molar-refractivity contribution in [2.24, 2.45) is 0 Å². The molecule has 0 spiro atoms. The number of rotatable bonds is 5. The summed E-state index contributed by atoms with van der Waals surface area (Å²) >= 11 is 0. The lowest BCUT2D eigenvalue weighted by Crippen LogP contribution is -2.13. The number of aromatic nitrogens is 4. The third kappa shape index (κ3) is 4.31. The molecule has 0 aliphatic rings. The van der Waals surface area contributed by atoms with Crippen LogP contribution in [0.15, 0.2) is 48.8 Å². The predicted octanol–water partition coefficient (Wildman–Crippen LogP) is 1.77. The molecule has 3 rings (SSSR count). The lowest BCUT2D eigenvalue weighted by Gasteiger charge is -2.10. The third-order valence-electron chi connectivity index (χ3n) is 3.68. The Balaban J connectivity index is 1.82. The van der Waals surface area contributed by atoms with Crippen molar-refractivity contribution in [1.29, 1.82) is 0 Å². The SMILES string of the molecule is Cc1ccc(NC(=O)c2cccc(CS(C)(=O)=O)c2)cc1-n1cnnn1. The smallest absolute Gasteiger partial charge is 0.255 e. The highest BCUT2D eigenvalue weighted by molar-refractivity contribution is 7.89. The molecule has 26 heavy (non-hydrogen) atoms. The van der Waals surface area contributed by atoms with E-state index in [2.05, 4.69) is 20.8 Å². The van der Waals surface area contributed by atoms with E-state index in [9.17, 15) is 13.2 Å². The number of benzene rings is 2. The Morgan fingerprint density at radius 2 is 2.00 bits per heavy atom. The van der Waals surface area contributed by atoms with Crippen LogP contribution in [-0.2, 0) is 15.6 Å². The van der Waals surface area contributed by atoms with Gasteiger partial charge in [-0.25, -0.2) is 13.1 Å². The van der Waals surface area contributed by atoms with Crippen LogP contribution >= 0.6 is 0 Å². The van der Waals surface area contributed by atoms with Gasteiger partial charge in [-0.2, -0.15) is 0 Å². The number of tetrazole rings is 1. The molecule has 9 heteroatoms. The molecule has 134 valence electrons. The number of aryl methyl sites for hydroxylation is 1. The van der Waals surface area contributed by atoms with Crippen molar-refractivity contribution >= 4 is 21.4 Å². The van der Waals surface area contributed by atoms with Crippen molar-refractivity contribution < 1.29 is 13.2 Å². The first-order valence-electron chi connectivity index (χ1n) is 7.74. The Morgan fingerprint density at radius 3 is 2.69 bits per heavy atom. The number of anilines is 1. The van der Waals surface area contributed by atoms with Crippen molar-refractivity contribution in [3.05, 3.63) is 65.5 Å². The lowest BCUT2D eigenvalue weighted by molar-refractivity contribution is 0.102. The average molecular weight is 371 g/mol. The van der Waals surface area contributed by atoms with Crippen LogP contribution in [0.2, 0.25) is 0 Å². The largest absolute Gasteiger partial charge is 0.322 e. The third-order valence-corrected chi connectivity index (χ3v) is 4.54. The van der Waals surface area contributed by atoms with Gasteiger partial charge in [0.2, 0.25) is 0 Å². The summed E-state index contributed by atoms with van der Waals surface area (Å²) in [5, 5.41) is 13.9. The molecule has 0 saturated carbocycles. The number of sulfone groups is 1. The van der Waals surface area contributed by atoms with Crippen LogP contribution in [0.1, 0.15) is 21.5 Å². The van der Waals surface area contributed by atoms with Crippen molar-refractivity contribution in [2.75, 3.05) is 11.6 Å². The maximum atomic E-state index is 12.5. The van der Waals surface area contributed by atoms with E-state index in [0.717, 1.165) is 17.5 Å². The van der Waals surface area contributed by atoms with Gasteiger partial charge < -0.3 is 5.32 Å². The summed E-state index contributed by atoms with van der Waals surface area (Å²) < 4.78 is 24.4. The first-order valence-corrected chi connectivity index (χ1v) is 9.80. The monoisotopic (exact) mass is 371 g/mol. The van der Waals surface area contributed by atoms with Gasteiger partial charge in [0.05, 0.1) is 11.4 Å². The molecule has 1 heterocycles. The molecule has 0 aliphatic carbocycles. The highest BCUT2D eigenvalue weighted by Gasteiger charge is 2.11. The van der Waals surface area contributed by atoms with Gasteiger partial charge in [-0.1, -0.05) is 18.2 Å². The fraction of sp³-hybridized carbons (Fsp3) is 0.176. The Morgan fingerprint density at radius 1 is 1.19 bits per heavy atom. The van der Waals surface area contributed by atoms with E-state index < -0.39 is 9.84 Å². The second kappa shape index (κ2) is 7.04. The predicted molar refractivity (Wildman–Crippen MR) is 96.8 cm³/mol. The zero-order valence-electron chi connectivity index (χ0n) is 14.2. The van der Waals surface area contributed by atoms with E-state index in [4.69, 9.17) is 0 Å². The van der Waals surface area contributed by atoms with Crippen molar-refractivity contribution in [3.63, 3.8) is 0 Å².